The van der Waals surface area contributed by atoms with Gasteiger partial charge in [0, 0.05) is 11.1 Å². The van der Waals surface area contributed by atoms with E-state index in [1.807, 2.05) is 30.3 Å². The van der Waals surface area contributed by atoms with Crippen molar-refractivity contribution in [3.8, 4) is 22.6 Å². The summed E-state index contributed by atoms with van der Waals surface area (Å²) in [4.78, 5) is 0. The van der Waals surface area contributed by atoms with Crippen LogP contribution in [0.5, 0.6) is 0 Å². The van der Waals surface area contributed by atoms with Crippen molar-refractivity contribution >= 4 is 5.57 Å². The van der Waals surface area contributed by atoms with E-state index < -0.39 is 0 Å². The molecule has 2 aromatic carbocycles. The van der Waals surface area contributed by atoms with Crippen molar-refractivity contribution in [2.24, 2.45) is 5.41 Å². The molecule has 0 saturated carbocycles. The molecule has 0 fully saturated rings. The monoisotopic (exact) mass is 370 g/mol. The lowest BCUT2D eigenvalue weighted by Gasteiger charge is -2.27. The Hall–Kier alpha value is -2.94. The van der Waals surface area contributed by atoms with Gasteiger partial charge in [0.25, 0.3) is 0 Å². The summed E-state index contributed by atoms with van der Waals surface area (Å²) in [5.41, 5.74) is 4.58. The molecule has 142 valence electrons. The molecule has 3 heteroatoms. The Kier molecular flexibility index (Phi) is 5.25. The standard InChI is InChI=1S/C25H26N2O/c1-3-4-16-25(2)17-14-22(15-18-25)24-27-26-23(28-24)21-12-10-20(11-13-21)19-8-6-5-7-9-19/h5-15,17H,3-4,16,18H2,1-2H3. The SMILES string of the molecule is CCCCC1(C)C=CC(c2nnc(-c3ccc(-c4ccccc4)cc3)o2)=CC1. The van der Waals surface area contributed by atoms with Crippen LogP contribution in [0.1, 0.15) is 45.4 Å². The van der Waals surface area contributed by atoms with Gasteiger partial charge in [-0.15, -0.1) is 10.2 Å². The summed E-state index contributed by atoms with van der Waals surface area (Å²) < 4.78 is 5.96. The molecule has 28 heavy (non-hydrogen) atoms. The molecule has 1 aliphatic rings. The van der Waals surface area contributed by atoms with E-state index >= 15 is 0 Å². The molecule has 0 N–H and O–H groups in total. The van der Waals surface area contributed by atoms with Gasteiger partial charge in [0.1, 0.15) is 0 Å². The van der Waals surface area contributed by atoms with Crippen LogP contribution in [0, 0.1) is 5.41 Å². The molecule has 3 nitrogen and oxygen atoms in total. The minimum Gasteiger partial charge on any atom is -0.416 e. The van der Waals surface area contributed by atoms with E-state index in [4.69, 9.17) is 4.42 Å². The second-order valence-electron chi connectivity index (χ2n) is 7.81. The third kappa shape index (κ3) is 3.99. The Labute approximate surface area is 166 Å². The van der Waals surface area contributed by atoms with Crippen LogP contribution in [0.15, 0.2) is 77.2 Å². The number of unbranched alkanes of at least 4 members (excludes halogenated alkanes) is 1. The summed E-state index contributed by atoms with van der Waals surface area (Å²) in [5, 5.41) is 8.53. The third-order valence-corrected chi connectivity index (χ3v) is 5.47. The van der Waals surface area contributed by atoms with E-state index in [9.17, 15) is 0 Å². The van der Waals surface area contributed by atoms with Crippen molar-refractivity contribution in [2.45, 2.75) is 39.5 Å². The zero-order valence-corrected chi connectivity index (χ0v) is 16.6. The third-order valence-electron chi connectivity index (χ3n) is 5.47. The van der Waals surface area contributed by atoms with Crippen molar-refractivity contribution in [3.63, 3.8) is 0 Å². The van der Waals surface area contributed by atoms with Crippen molar-refractivity contribution in [1.29, 1.82) is 0 Å². The zero-order chi connectivity index (χ0) is 19.4. The van der Waals surface area contributed by atoms with Crippen molar-refractivity contribution in [3.05, 3.63) is 78.7 Å². The van der Waals surface area contributed by atoms with Gasteiger partial charge < -0.3 is 4.42 Å². The van der Waals surface area contributed by atoms with Crippen LogP contribution in [0.4, 0.5) is 0 Å². The number of hydrogen-bond acceptors (Lipinski definition) is 3. The number of hydrogen-bond donors (Lipinski definition) is 0. The van der Waals surface area contributed by atoms with Crippen LogP contribution in [0.25, 0.3) is 28.2 Å². The van der Waals surface area contributed by atoms with Gasteiger partial charge in [-0.1, -0.05) is 87.4 Å². The maximum absolute atomic E-state index is 5.96. The summed E-state index contributed by atoms with van der Waals surface area (Å²) in [6.45, 7) is 4.56. The summed E-state index contributed by atoms with van der Waals surface area (Å²) in [6.07, 6.45) is 11.4. The quantitative estimate of drug-likeness (QED) is 0.471. The van der Waals surface area contributed by atoms with Gasteiger partial charge in [-0.05, 0) is 41.5 Å². The molecule has 0 amide bonds. The average molecular weight is 370 g/mol. The van der Waals surface area contributed by atoms with Crippen LogP contribution >= 0.6 is 0 Å². The molecule has 1 aromatic heterocycles. The number of benzene rings is 2. The lowest BCUT2D eigenvalue weighted by Crippen LogP contribution is -2.14. The molecule has 0 bridgehead atoms. The first-order valence-electron chi connectivity index (χ1n) is 10.1. The van der Waals surface area contributed by atoms with Gasteiger partial charge in [-0.25, -0.2) is 0 Å². The Morgan fingerprint density at radius 2 is 1.57 bits per heavy atom. The predicted octanol–water partition coefficient (Wildman–Crippen LogP) is 6.94. The second-order valence-corrected chi connectivity index (χ2v) is 7.81. The molecule has 3 aromatic rings. The van der Waals surface area contributed by atoms with E-state index in [1.165, 1.54) is 30.4 Å². The summed E-state index contributed by atoms with van der Waals surface area (Å²) in [6, 6.07) is 18.6. The van der Waals surface area contributed by atoms with Gasteiger partial charge >= 0.3 is 0 Å². The molecule has 1 unspecified atom stereocenters. The van der Waals surface area contributed by atoms with Crippen LogP contribution in [-0.4, -0.2) is 10.2 Å². The van der Waals surface area contributed by atoms with Crippen LogP contribution in [0.2, 0.25) is 0 Å². The molecule has 1 aliphatic carbocycles. The highest BCUT2D eigenvalue weighted by Gasteiger charge is 2.23. The van der Waals surface area contributed by atoms with Gasteiger partial charge in [-0.2, -0.15) is 0 Å². The minimum atomic E-state index is 0.246. The average Bonchev–Trinajstić information content (AvgIpc) is 3.24. The fourth-order valence-electron chi connectivity index (χ4n) is 3.59. The second kappa shape index (κ2) is 7.97. The van der Waals surface area contributed by atoms with Crippen molar-refractivity contribution in [2.75, 3.05) is 0 Å². The number of allylic oxidation sites excluding steroid dienone is 4. The molecule has 0 spiro atoms. The van der Waals surface area contributed by atoms with E-state index in [2.05, 4.69) is 66.5 Å². The molecule has 1 atom stereocenters. The zero-order valence-electron chi connectivity index (χ0n) is 16.6. The maximum Gasteiger partial charge on any atom is 0.248 e. The summed E-state index contributed by atoms with van der Waals surface area (Å²) >= 11 is 0. The fourth-order valence-corrected chi connectivity index (χ4v) is 3.59. The lowest BCUT2D eigenvalue weighted by atomic mass is 9.78. The first kappa shape index (κ1) is 18.4. The smallest absolute Gasteiger partial charge is 0.248 e. The van der Waals surface area contributed by atoms with Gasteiger partial charge in [0.15, 0.2) is 0 Å². The highest BCUT2D eigenvalue weighted by atomic mass is 16.4. The Balaban J connectivity index is 1.49. The van der Waals surface area contributed by atoms with E-state index in [1.54, 1.807) is 0 Å². The fraction of sp³-hybridized carbons (Fsp3) is 0.280. The lowest BCUT2D eigenvalue weighted by molar-refractivity contribution is 0.379. The molecule has 0 radical (unpaired) electrons. The Morgan fingerprint density at radius 3 is 2.25 bits per heavy atom. The first-order valence-corrected chi connectivity index (χ1v) is 10.1. The molecule has 0 aliphatic heterocycles. The predicted molar refractivity (Wildman–Crippen MR) is 115 cm³/mol. The van der Waals surface area contributed by atoms with Crippen molar-refractivity contribution in [1.82, 2.24) is 10.2 Å². The highest BCUT2D eigenvalue weighted by Crippen LogP contribution is 2.37. The van der Waals surface area contributed by atoms with Gasteiger partial charge in [0.2, 0.25) is 11.8 Å². The maximum atomic E-state index is 5.96. The summed E-state index contributed by atoms with van der Waals surface area (Å²) in [5.74, 6) is 1.15. The number of aromatic nitrogens is 2. The first-order chi connectivity index (χ1) is 13.7. The normalized spacial score (nSPS) is 18.9. The van der Waals surface area contributed by atoms with Gasteiger partial charge in [-0.3, -0.25) is 0 Å². The largest absolute Gasteiger partial charge is 0.416 e. The molecule has 4 rings (SSSR count). The highest BCUT2D eigenvalue weighted by molar-refractivity contribution is 5.71. The molecule has 1 heterocycles. The molecular weight excluding hydrogens is 344 g/mol. The van der Waals surface area contributed by atoms with E-state index in [0.717, 1.165) is 17.6 Å². The molecule has 0 saturated heterocycles. The summed E-state index contributed by atoms with van der Waals surface area (Å²) in [7, 11) is 0. The number of nitrogens with zero attached hydrogens (tertiary/aromatic N) is 2. The van der Waals surface area contributed by atoms with Crippen LogP contribution in [0.3, 0.4) is 0 Å². The Morgan fingerprint density at radius 1 is 0.893 bits per heavy atom. The van der Waals surface area contributed by atoms with E-state index in [-0.39, 0.29) is 5.41 Å². The topological polar surface area (TPSA) is 38.9 Å². The molecular formula is C25H26N2O. The van der Waals surface area contributed by atoms with Gasteiger partial charge in [0.05, 0.1) is 0 Å². The Bertz CT molecular complexity index is 983. The number of rotatable bonds is 6. The van der Waals surface area contributed by atoms with Crippen LogP contribution < -0.4 is 0 Å². The van der Waals surface area contributed by atoms with Crippen LogP contribution in [-0.2, 0) is 0 Å². The van der Waals surface area contributed by atoms with Crippen molar-refractivity contribution < 1.29 is 4.42 Å². The minimum absolute atomic E-state index is 0.246. The van der Waals surface area contributed by atoms with E-state index in [0.29, 0.717) is 11.8 Å².